The predicted molar refractivity (Wildman–Crippen MR) is 143 cm³/mol. The second-order valence-corrected chi connectivity index (χ2v) is 11.2. The lowest BCUT2D eigenvalue weighted by molar-refractivity contribution is -0.159. The number of carbonyl (C=O) groups is 3. The maximum absolute atomic E-state index is 14.3. The van der Waals surface area contributed by atoms with Gasteiger partial charge in [0.15, 0.2) is 11.4 Å². The number of ketones is 2. The van der Waals surface area contributed by atoms with E-state index in [1.807, 2.05) is 25.9 Å². The van der Waals surface area contributed by atoms with Crippen molar-refractivity contribution in [1.29, 1.82) is 0 Å². The highest BCUT2D eigenvalue weighted by molar-refractivity contribution is 6.24. The number of Topliss-reactive ketones (excluding diaryl/α,β-unsaturated/α-hetero) is 2. The van der Waals surface area contributed by atoms with Gasteiger partial charge in [-0.05, 0) is 51.1 Å². The third kappa shape index (κ3) is 4.11. The molecule has 1 fully saturated rings. The van der Waals surface area contributed by atoms with Gasteiger partial charge in [0, 0.05) is 37.7 Å². The summed E-state index contributed by atoms with van der Waals surface area (Å²) >= 11 is 0. The van der Waals surface area contributed by atoms with Gasteiger partial charge in [-0.25, -0.2) is 0 Å². The molecule has 0 unspecified atom stereocenters. The number of fused-ring (bicyclic) bond motifs is 3. The highest BCUT2D eigenvalue weighted by Gasteiger charge is 2.67. The van der Waals surface area contributed by atoms with Gasteiger partial charge in [-0.15, -0.1) is 0 Å². The molecule has 212 valence electrons. The van der Waals surface area contributed by atoms with Crippen LogP contribution in [0.1, 0.15) is 37.3 Å². The molecule has 0 saturated heterocycles. The maximum atomic E-state index is 14.3. The van der Waals surface area contributed by atoms with Gasteiger partial charge in [0.25, 0.3) is 5.91 Å². The van der Waals surface area contributed by atoms with Gasteiger partial charge in [-0.3, -0.25) is 19.3 Å². The third-order valence-electron chi connectivity index (χ3n) is 8.30. The fourth-order valence-electron chi connectivity index (χ4n) is 6.53. The summed E-state index contributed by atoms with van der Waals surface area (Å²) in [6, 6.07) is 1.94. The monoisotopic (exact) mass is 543 g/mol. The molecule has 4 atom stereocenters. The van der Waals surface area contributed by atoms with Crippen LogP contribution in [0, 0.1) is 11.3 Å². The number of unbranched alkanes of at least 4 members (excludes halogenated alkanes) is 1. The summed E-state index contributed by atoms with van der Waals surface area (Å²) in [7, 11) is 6.77. The lowest BCUT2D eigenvalue weighted by Gasteiger charge is -2.54. The summed E-state index contributed by atoms with van der Waals surface area (Å²) in [5, 5.41) is 45.4. The molecule has 1 saturated carbocycles. The Hall–Kier alpha value is -3.41. The molecule has 0 aliphatic heterocycles. The van der Waals surface area contributed by atoms with Crippen LogP contribution in [0.15, 0.2) is 29.0 Å². The van der Waals surface area contributed by atoms with Gasteiger partial charge >= 0.3 is 0 Å². The number of nitrogens with two attached hydrogens (primary N) is 1. The van der Waals surface area contributed by atoms with E-state index in [4.69, 9.17) is 10.5 Å². The van der Waals surface area contributed by atoms with E-state index in [2.05, 4.69) is 0 Å². The second-order valence-electron chi connectivity index (χ2n) is 11.2. The first-order valence-electron chi connectivity index (χ1n) is 13.0. The largest absolute Gasteiger partial charge is 0.508 e. The highest BCUT2D eigenvalue weighted by atomic mass is 16.5. The number of phenolic OH excluding ortho intramolecular Hbond substituents is 1. The normalized spacial score (nSPS) is 28.4. The number of anilines is 1. The van der Waals surface area contributed by atoms with E-state index in [1.54, 1.807) is 20.2 Å². The van der Waals surface area contributed by atoms with Crippen LogP contribution in [0.3, 0.4) is 0 Å². The summed E-state index contributed by atoms with van der Waals surface area (Å²) in [4.78, 5) is 43.3. The standard InChI is InChI=1S/C28H37N3O8/c1-6-7-10-39-13-27-11-14-16(30(2)3)8-9-17(32)18(14)22(33)20(27)25(36)28(38)15(12-27)21(31(4)5)23(34)19(24(28)35)26(29)37/h8-9,15,21,32-33,35,38H,6-7,10-13H2,1-5H3,(H2,29,37)/t15-,21-,27-,28+/m0/s1. The van der Waals surface area contributed by atoms with Crippen LogP contribution in [-0.4, -0.2) is 95.8 Å². The first kappa shape index (κ1) is 28.6. The Labute approximate surface area is 227 Å². The number of ether oxygens (including phenoxy) is 1. The zero-order chi connectivity index (χ0) is 29.0. The zero-order valence-corrected chi connectivity index (χ0v) is 22.9. The zero-order valence-electron chi connectivity index (χ0n) is 22.9. The number of carbonyl (C=O) groups excluding carboxylic acids is 3. The fraction of sp³-hybridized carbons (Fsp3) is 0.536. The number of nitrogens with zero attached hydrogens (tertiary/aromatic N) is 2. The first-order chi connectivity index (χ1) is 18.2. The molecule has 0 spiro atoms. The lowest BCUT2D eigenvalue weighted by Crippen LogP contribution is -2.68. The van der Waals surface area contributed by atoms with Crippen LogP contribution in [0.2, 0.25) is 0 Å². The molecule has 4 rings (SSSR count). The number of aliphatic hydroxyl groups excluding tert-OH is 2. The first-order valence-corrected chi connectivity index (χ1v) is 13.0. The van der Waals surface area contributed by atoms with Crippen molar-refractivity contribution in [3.63, 3.8) is 0 Å². The molecular weight excluding hydrogens is 506 g/mol. The molecule has 0 heterocycles. The smallest absolute Gasteiger partial charge is 0.255 e. The summed E-state index contributed by atoms with van der Waals surface area (Å²) in [6.45, 7) is 2.37. The topological polar surface area (TPSA) is 174 Å². The number of phenols is 1. The van der Waals surface area contributed by atoms with E-state index in [-0.39, 0.29) is 36.3 Å². The Morgan fingerprint density at radius 1 is 1.15 bits per heavy atom. The number of amides is 1. The molecule has 0 bridgehead atoms. The van der Waals surface area contributed by atoms with Crippen molar-refractivity contribution in [3.05, 3.63) is 40.2 Å². The van der Waals surface area contributed by atoms with E-state index >= 15 is 0 Å². The molecule has 3 aliphatic carbocycles. The number of hydrogen-bond donors (Lipinski definition) is 5. The van der Waals surface area contributed by atoms with Gasteiger partial charge in [0.05, 0.1) is 23.8 Å². The molecule has 11 heteroatoms. The summed E-state index contributed by atoms with van der Waals surface area (Å²) in [5.74, 6) is -6.25. The molecule has 39 heavy (non-hydrogen) atoms. The number of benzene rings is 1. The van der Waals surface area contributed by atoms with Crippen LogP contribution in [-0.2, 0) is 25.5 Å². The minimum Gasteiger partial charge on any atom is -0.508 e. The highest BCUT2D eigenvalue weighted by Crippen LogP contribution is 2.59. The maximum Gasteiger partial charge on any atom is 0.255 e. The van der Waals surface area contributed by atoms with Crippen LogP contribution in [0.4, 0.5) is 5.69 Å². The predicted octanol–water partition coefficient (Wildman–Crippen LogP) is 1.22. The van der Waals surface area contributed by atoms with E-state index in [0.29, 0.717) is 17.9 Å². The minimum absolute atomic E-state index is 0.0197. The van der Waals surface area contributed by atoms with E-state index in [1.165, 1.54) is 11.0 Å². The van der Waals surface area contributed by atoms with Gasteiger partial charge in [0.2, 0.25) is 5.78 Å². The number of primary amides is 1. The molecule has 3 aliphatic rings. The van der Waals surface area contributed by atoms with Crippen molar-refractivity contribution in [2.45, 2.75) is 44.2 Å². The Bertz CT molecular complexity index is 1300. The molecular formula is C28H37N3O8. The average Bonchev–Trinajstić information content (AvgIpc) is 2.83. The number of hydrogen-bond acceptors (Lipinski definition) is 10. The summed E-state index contributed by atoms with van der Waals surface area (Å²) in [5.41, 5.74) is 1.75. The second kappa shape index (κ2) is 9.96. The molecule has 11 nitrogen and oxygen atoms in total. The lowest BCUT2D eigenvalue weighted by atomic mass is 9.51. The van der Waals surface area contributed by atoms with Crippen LogP contribution in [0.25, 0.3) is 5.76 Å². The van der Waals surface area contributed by atoms with Crippen LogP contribution >= 0.6 is 0 Å². The third-order valence-corrected chi connectivity index (χ3v) is 8.30. The number of rotatable bonds is 8. The van der Waals surface area contributed by atoms with Gasteiger partial charge in [-0.2, -0.15) is 0 Å². The fourth-order valence-corrected chi connectivity index (χ4v) is 6.53. The Morgan fingerprint density at radius 3 is 2.38 bits per heavy atom. The van der Waals surface area contributed by atoms with E-state index in [0.717, 1.165) is 12.8 Å². The Balaban J connectivity index is 2.04. The molecule has 1 amide bonds. The van der Waals surface area contributed by atoms with Crippen molar-refractivity contribution in [3.8, 4) is 5.75 Å². The molecule has 6 N–H and O–H groups in total. The van der Waals surface area contributed by atoms with Crippen molar-refractivity contribution >= 4 is 28.9 Å². The Kier molecular flexibility index (Phi) is 7.30. The van der Waals surface area contributed by atoms with Crippen molar-refractivity contribution in [2.75, 3.05) is 46.3 Å². The molecule has 1 aromatic rings. The van der Waals surface area contributed by atoms with Crippen molar-refractivity contribution in [2.24, 2.45) is 17.1 Å². The SMILES string of the molecule is CCCCOC[C@@]12Cc3c(N(C)C)ccc(O)c3C(O)=C1C(=O)[C@]1(O)C(O)=C(C(N)=O)C(=O)[C@@H](N(C)C)[C@@H]1C2. The summed E-state index contributed by atoms with van der Waals surface area (Å²) in [6.07, 6.45) is 1.73. The van der Waals surface area contributed by atoms with Crippen molar-refractivity contribution < 1.29 is 39.5 Å². The van der Waals surface area contributed by atoms with E-state index < -0.39 is 57.5 Å². The Morgan fingerprint density at radius 2 is 1.82 bits per heavy atom. The van der Waals surface area contributed by atoms with E-state index in [9.17, 15) is 34.8 Å². The van der Waals surface area contributed by atoms with Gasteiger partial charge in [0.1, 0.15) is 22.8 Å². The summed E-state index contributed by atoms with van der Waals surface area (Å²) < 4.78 is 6.04. The molecule has 1 aromatic carbocycles. The molecule has 0 radical (unpaired) electrons. The average molecular weight is 544 g/mol. The van der Waals surface area contributed by atoms with Crippen LogP contribution in [0.5, 0.6) is 5.75 Å². The van der Waals surface area contributed by atoms with Gasteiger partial charge in [-0.1, -0.05) is 13.3 Å². The van der Waals surface area contributed by atoms with Crippen LogP contribution < -0.4 is 10.6 Å². The minimum atomic E-state index is -2.71. The number of aromatic hydroxyl groups is 1. The number of likely N-dealkylation sites (N-methyl/N-ethyl adjacent to an activating group) is 1. The van der Waals surface area contributed by atoms with Gasteiger partial charge < -0.3 is 35.8 Å². The molecule has 0 aromatic heterocycles. The number of aliphatic hydroxyl groups is 3. The van der Waals surface area contributed by atoms with Crippen molar-refractivity contribution in [1.82, 2.24) is 4.90 Å². The quantitative estimate of drug-likeness (QED) is 0.237.